The van der Waals surface area contributed by atoms with Crippen LogP contribution in [0, 0.1) is 0 Å². The molecule has 8 nitrogen and oxygen atoms in total. The minimum absolute atomic E-state index is 0.269. The molecule has 1 heterocycles. The molecule has 0 atom stereocenters. The Morgan fingerprint density at radius 3 is 2.38 bits per heavy atom. The number of methoxy groups -OCH3 is 1. The van der Waals surface area contributed by atoms with E-state index in [1.165, 1.54) is 11.0 Å². The minimum atomic E-state index is -0.269. The van der Waals surface area contributed by atoms with Crippen LogP contribution in [-0.2, 0) is 0 Å². The number of hydrogen-bond donors (Lipinski definition) is 1. The van der Waals surface area contributed by atoms with Crippen molar-refractivity contribution in [3.63, 3.8) is 0 Å². The fourth-order valence-corrected chi connectivity index (χ4v) is 2.77. The van der Waals surface area contributed by atoms with Gasteiger partial charge in [0.1, 0.15) is 12.1 Å². The molecule has 0 saturated carbocycles. The third-order valence-corrected chi connectivity index (χ3v) is 4.15. The van der Waals surface area contributed by atoms with Crippen LogP contribution in [0.3, 0.4) is 0 Å². The van der Waals surface area contributed by atoms with Gasteiger partial charge in [0, 0.05) is 5.69 Å². The number of carbonyl (C=O) groups excluding carboxylic acids is 1. The number of anilines is 1. The van der Waals surface area contributed by atoms with Crippen LogP contribution in [0.25, 0.3) is 5.69 Å². The Hall–Kier alpha value is -4.20. The van der Waals surface area contributed by atoms with E-state index in [4.69, 9.17) is 9.47 Å². The summed E-state index contributed by atoms with van der Waals surface area (Å²) in [5, 5.41) is 14.0. The molecule has 0 radical (unpaired) electrons. The Morgan fingerprint density at radius 2 is 1.66 bits per heavy atom. The summed E-state index contributed by atoms with van der Waals surface area (Å²) in [4.78, 5) is 12.7. The van der Waals surface area contributed by atoms with E-state index in [0.717, 1.165) is 0 Å². The van der Waals surface area contributed by atoms with Gasteiger partial charge >= 0.3 is 0 Å². The lowest BCUT2D eigenvalue weighted by Gasteiger charge is -2.11. The lowest BCUT2D eigenvalue weighted by Crippen LogP contribution is -2.15. The van der Waals surface area contributed by atoms with E-state index in [0.29, 0.717) is 34.2 Å². The van der Waals surface area contributed by atoms with E-state index >= 15 is 0 Å². The third-order valence-electron chi connectivity index (χ3n) is 4.15. The molecule has 1 aromatic heterocycles. The molecule has 0 unspecified atom stereocenters. The fourth-order valence-electron chi connectivity index (χ4n) is 2.77. The molecule has 4 rings (SSSR count). The smallest absolute Gasteiger partial charge is 0.257 e. The van der Waals surface area contributed by atoms with Gasteiger partial charge in [-0.25, -0.2) is 0 Å². The molecule has 0 bridgehead atoms. The largest absolute Gasteiger partial charge is 0.493 e. The number of carbonyl (C=O) groups is 1. The van der Waals surface area contributed by atoms with E-state index < -0.39 is 0 Å². The highest BCUT2D eigenvalue weighted by Gasteiger charge is 2.13. The topological polar surface area (TPSA) is 91.2 Å². The van der Waals surface area contributed by atoms with E-state index in [-0.39, 0.29) is 5.91 Å². The van der Waals surface area contributed by atoms with Crippen LogP contribution < -0.4 is 14.8 Å². The van der Waals surface area contributed by atoms with Gasteiger partial charge in [-0.1, -0.05) is 24.3 Å². The molecule has 144 valence electrons. The first-order valence-electron chi connectivity index (χ1n) is 8.79. The fraction of sp³-hybridized carbons (Fsp3) is 0.0476. The van der Waals surface area contributed by atoms with E-state index in [9.17, 15) is 4.79 Å². The minimum Gasteiger partial charge on any atom is -0.493 e. The number of tetrazole rings is 1. The van der Waals surface area contributed by atoms with Crippen LogP contribution in [0.4, 0.5) is 5.69 Å². The second-order valence-corrected chi connectivity index (χ2v) is 6.00. The molecule has 0 aliphatic carbocycles. The Kier molecular flexibility index (Phi) is 5.15. The quantitative estimate of drug-likeness (QED) is 0.542. The average molecular weight is 387 g/mol. The van der Waals surface area contributed by atoms with Gasteiger partial charge in [0.2, 0.25) is 0 Å². The zero-order valence-corrected chi connectivity index (χ0v) is 15.5. The van der Waals surface area contributed by atoms with Gasteiger partial charge in [-0.3, -0.25) is 4.79 Å². The number of rotatable bonds is 6. The monoisotopic (exact) mass is 387 g/mol. The Bertz CT molecular complexity index is 1110. The number of hydrogen-bond acceptors (Lipinski definition) is 6. The first-order chi connectivity index (χ1) is 14.2. The van der Waals surface area contributed by atoms with Crippen LogP contribution >= 0.6 is 0 Å². The molecule has 29 heavy (non-hydrogen) atoms. The van der Waals surface area contributed by atoms with Crippen LogP contribution in [-0.4, -0.2) is 33.2 Å². The zero-order chi connectivity index (χ0) is 20.1. The summed E-state index contributed by atoms with van der Waals surface area (Å²) in [6.45, 7) is 0. The van der Waals surface area contributed by atoms with E-state index in [1.807, 2.05) is 30.3 Å². The molecule has 8 heteroatoms. The number of ether oxygens (including phenoxy) is 2. The summed E-state index contributed by atoms with van der Waals surface area (Å²) in [5.41, 5.74) is 1.68. The molecule has 3 aromatic carbocycles. The number of amides is 1. The second kappa shape index (κ2) is 8.22. The highest BCUT2D eigenvalue weighted by atomic mass is 16.5. The van der Waals surface area contributed by atoms with Crippen molar-refractivity contribution in [3.8, 4) is 22.9 Å². The predicted octanol–water partition coefficient (Wildman–Crippen LogP) is 3.72. The Labute approximate surface area is 166 Å². The van der Waals surface area contributed by atoms with Crippen molar-refractivity contribution < 1.29 is 14.3 Å². The summed E-state index contributed by atoms with van der Waals surface area (Å²) in [5.74, 6) is 1.61. The first kappa shape index (κ1) is 18.2. The molecule has 0 saturated heterocycles. The van der Waals surface area contributed by atoms with Crippen LogP contribution in [0.5, 0.6) is 17.2 Å². The Balaban J connectivity index is 1.49. The molecule has 0 aliphatic heterocycles. The predicted molar refractivity (Wildman–Crippen MR) is 107 cm³/mol. The van der Waals surface area contributed by atoms with E-state index in [2.05, 4.69) is 20.8 Å². The molecule has 1 amide bonds. The van der Waals surface area contributed by atoms with Gasteiger partial charge in [-0.2, -0.15) is 4.68 Å². The summed E-state index contributed by atoms with van der Waals surface area (Å²) in [6, 6.07) is 21.6. The number of aromatic nitrogens is 4. The molecule has 1 N–H and O–H groups in total. The lowest BCUT2D eigenvalue weighted by atomic mass is 10.1. The number of para-hydroxylation sites is 3. The van der Waals surface area contributed by atoms with Gasteiger partial charge in [-0.05, 0) is 59.0 Å². The standard InChI is InChI=1S/C21H17N5O3/c1-28-19-8-4-5-9-20(19)29-16-12-10-15(11-13-16)23-21(27)17-6-2-3-7-18(17)26-14-22-24-25-26/h2-14H,1H3,(H,23,27). The zero-order valence-electron chi connectivity index (χ0n) is 15.5. The molecular formula is C21H17N5O3. The maximum Gasteiger partial charge on any atom is 0.257 e. The molecule has 0 aliphatic rings. The van der Waals surface area contributed by atoms with Gasteiger partial charge in [0.25, 0.3) is 5.91 Å². The SMILES string of the molecule is COc1ccccc1Oc1ccc(NC(=O)c2ccccc2-n2cnnn2)cc1. The van der Waals surface area contributed by atoms with Crippen molar-refractivity contribution in [3.05, 3.63) is 84.7 Å². The summed E-state index contributed by atoms with van der Waals surface area (Å²) in [6.07, 6.45) is 1.44. The number of benzene rings is 3. The highest BCUT2D eigenvalue weighted by molar-refractivity contribution is 6.06. The van der Waals surface area contributed by atoms with Crippen molar-refractivity contribution in [1.29, 1.82) is 0 Å². The van der Waals surface area contributed by atoms with Crippen LogP contribution in [0.2, 0.25) is 0 Å². The van der Waals surface area contributed by atoms with Crippen molar-refractivity contribution in [1.82, 2.24) is 20.2 Å². The van der Waals surface area contributed by atoms with Crippen molar-refractivity contribution in [2.75, 3.05) is 12.4 Å². The lowest BCUT2D eigenvalue weighted by molar-refractivity contribution is 0.102. The van der Waals surface area contributed by atoms with E-state index in [1.54, 1.807) is 49.6 Å². The third kappa shape index (κ3) is 4.06. The molecule has 0 fully saturated rings. The number of nitrogens with zero attached hydrogens (tertiary/aromatic N) is 4. The summed E-state index contributed by atoms with van der Waals surface area (Å²) in [7, 11) is 1.59. The van der Waals surface area contributed by atoms with Gasteiger partial charge < -0.3 is 14.8 Å². The summed E-state index contributed by atoms with van der Waals surface area (Å²) >= 11 is 0. The second-order valence-electron chi connectivity index (χ2n) is 6.00. The number of nitrogens with one attached hydrogen (secondary N) is 1. The Morgan fingerprint density at radius 1 is 0.931 bits per heavy atom. The average Bonchev–Trinajstić information content (AvgIpc) is 3.30. The van der Waals surface area contributed by atoms with Gasteiger partial charge in [0.15, 0.2) is 11.5 Å². The van der Waals surface area contributed by atoms with Gasteiger partial charge in [-0.15, -0.1) is 5.10 Å². The molecule has 0 spiro atoms. The van der Waals surface area contributed by atoms with Gasteiger partial charge in [0.05, 0.1) is 18.4 Å². The van der Waals surface area contributed by atoms with Crippen molar-refractivity contribution in [2.45, 2.75) is 0 Å². The highest BCUT2D eigenvalue weighted by Crippen LogP contribution is 2.31. The normalized spacial score (nSPS) is 10.4. The van der Waals surface area contributed by atoms with Crippen molar-refractivity contribution >= 4 is 11.6 Å². The molecular weight excluding hydrogens is 370 g/mol. The van der Waals surface area contributed by atoms with Crippen molar-refractivity contribution in [2.24, 2.45) is 0 Å². The summed E-state index contributed by atoms with van der Waals surface area (Å²) < 4.78 is 12.6. The van der Waals surface area contributed by atoms with Crippen LogP contribution in [0.1, 0.15) is 10.4 Å². The first-order valence-corrected chi connectivity index (χ1v) is 8.79. The molecule has 4 aromatic rings. The van der Waals surface area contributed by atoms with Crippen LogP contribution in [0.15, 0.2) is 79.1 Å². The maximum absolute atomic E-state index is 12.7. The maximum atomic E-state index is 12.7.